The molecule has 1 saturated heterocycles. The van der Waals surface area contributed by atoms with Gasteiger partial charge in [-0.3, -0.25) is 0 Å². The summed E-state index contributed by atoms with van der Waals surface area (Å²) in [6.45, 7) is 1.89. The van der Waals surface area contributed by atoms with Crippen LogP contribution in [0.5, 0.6) is 11.5 Å². The molecule has 1 N–H and O–H groups in total. The highest BCUT2D eigenvalue weighted by atomic mass is 79.9. The third-order valence-electron chi connectivity index (χ3n) is 3.13. The van der Waals surface area contributed by atoms with Crippen molar-refractivity contribution in [1.82, 2.24) is 5.32 Å². The fourth-order valence-corrected chi connectivity index (χ4v) is 5.16. The minimum atomic E-state index is 0.729. The first kappa shape index (κ1) is 16.3. The lowest BCUT2D eigenvalue weighted by Crippen LogP contribution is -2.28. The van der Waals surface area contributed by atoms with Gasteiger partial charge < -0.3 is 14.8 Å². The van der Waals surface area contributed by atoms with Crippen LogP contribution < -0.4 is 14.8 Å². The molecule has 1 aliphatic rings. The molecule has 1 fully saturated rings. The van der Waals surface area contributed by atoms with Crippen LogP contribution in [0.15, 0.2) is 16.6 Å². The molecule has 112 valence electrons. The monoisotopic (exact) mass is 377 g/mol. The standard InChI is InChI=1S/C14H20BrNO2S2/c1-17-13-5-10(12(15)6-14(13)18-2)7-16-8-11-9-19-3-4-20-11/h5-6,11,16H,3-4,7-9H2,1-2H3. The van der Waals surface area contributed by atoms with Gasteiger partial charge in [0.15, 0.2) is 11.5 Å². The van der Waals surface area contributed by atoms with E-state index in [0.29, 0.717) is 0 Å². The molecule has 1 aromatic carbocycles. The van der Waals surface area contributed by atoms with Gasteiger partial charge in [0, 0.05) is 40.1 Å². The highest BCUT2D eigenvalue weighted by molar-refractivity contribution is 9.10. The summed E-state index contributed by atoms with van der Waals surface area (Å²) in [5, 5.41) is 4.27. The second-order valence-corrected chi connectivity index (χ2v) is 7.91. The minimum Gasteiger partial charge on any atom is -0.493 e. The fourth-order valence-electron chi connectivity index (χ4n) is 2.05. The number of thioether (sulfide) groups is 2. The molecule has 1 unspecified atom stereocenters. The van der Waals surface area contributed by atoms with Gasteiger partial charge in [-0.15, -0.1) is 0 Å². The quantitative estimate of drug-likeness (QED) is 0.820. The normalized spacial score (nSPS) is 18.9. The Balaban J connectivity index is 1.91. The zero-order valence-electron chi connectivity index (χ0n) is 11.8. The van der Waals surface area contributed by atoms with Crippen LogP contribution in [0.4, 0.5) is 0 Å². The van der Waals surface area contributed by atoms with E-state index in [2.05, 4.69) is 44.8 Å². The van der Waals surface area contributed by atoms with Gasteiger partial charge in [-0.05, 0) is 17.7 Å². The number of halogens is 1. The number of nitrogens with one attached hydrogen (secondary N) is 1. The fraction of sp³-hybridized carbons (Fsp3) is 0.571. The maximum absolute atomic E-state index is 5.35. The largest absolute Gasteiger partial charge is 0.493 e. The molecule has 0 spiro atoms. The number of benzene rings is 1. The second-order valence-electron chi connectivity index (χ2n) is 4.50. The number of hydrogen-bond acceptors (Lipinski definition) is 5. The number of rotatable bonds is 6. The molecule has 3 nitrogen and oxygen atoms in total. The molecule has 0 saturated carbocycles. The Morgan fingerprint density at radius 1 is 1.25 bits per heavy atom. The summed E-state index contributed by atoms with van der Waals surface area (Å²) >= 11 is 7.73. The van der Waals surface area contributed by atoms with Crippen molar-refractivity contribution in [2.45, 2.75) is 11.8 Å². The molecule has 1 heterocycles. The Hall–Kier alpha value is -0.0400. The van der Waals surface area contributed by atoms with Crippen LogP contribution >= 0.6 is 39.5 Å². The van der Waals surface area contributed by atoms with Crippen molar-refractivity contribution in [2.75, 3.05) is 38.0 Å². The van der Waals surface area contributed by atoms with E-state index in [1.165, 1.54) is 22.8 Å². The lowest BCUT2D eigenvalue weighted by atomic mass is 10.2. The van der Waals surface area contributed by atoms with Crippen molar-refractivity contribution >= 4 is 39.5 Å². The van der Waals surface area contributed by atoms with E-state index in [1.807, 2.05) is 12.1 Å². The summed E-state index contributed by atoms with van der Waals surface area (Å²) in [5.41, 5.74) is 1.19. The SMILES string of the molecule is COc1cc(Br)c(CNCC2CSCCS2)cc1OC. The van der Waals surface area contributed by atoms with Crippen LogP contribution in [0, 0.1) is 0 Å². The summed E-state index contributed by atoms with van der Waals surface area (Å²) in [4.78, 5) is 0. The van der Waals surface area contributed by atoms with Gasteiger partial charge in [-0.25, -0.2) is 0 Å². The average molecular weight is 378 g/mol. The molecule has 0 amide bonds. The van der Waals surface area contributed by atoms with Crippen LogP contribution in [0.25, 0.3) is 0 Å². The van der Waals surface area contributed by atoms with Crippen LogP contribution in [-0.2, 0) is 6.54 Å². The highest BCUT2D eigenvalue weighted by Crippen LogP contribution is 2.33. The van der Waals surface area contributed by atoms with Gasteiger partial charge in [-0.2, -0.15) is 23.5 Å². The third-order valence-corrected chi connectivity index (χ3v) is 6.71. The molecule has 2 rings (SSSR count). The number of hydrogen-bond donors (Lipinski definition) is 1. The predicted molar refractivity (Wildman–Crippen MR) is 92.5 cm³/mol. The first-order valence-electron chi connectivity index (χ1n) is 6.55. The van der Waals surface area contributed by atoms with Gasteiger partial charge >= 0.3 is 0 Å². The molecular formula is C14H20BrNO2S2. The lowest BCUT2D eigenvalue weighted by molar-refractivity contribution is 0.354. The van der Waals surface area contributed by atoms with Gasteiger partial charge in [0.05, 0.1) is 14.2 Å². The summed E-state index contributed by atoms with van der Waals surface area (Å²) in [6.07, 6.45) is 0. The van der Waals surface area contributed by atoms with E-state index in [4.69, 9.17) is 9.47 Å². The maximum atomic E-state index is 5.35. The van der Waals surface area contributed by atoms with E-state index >= 15 is 0 Å². The number of ether oxygens (including phenoxy) is 2. The van der Waals surface area contributed by atoms with E-state index in [0.717, 1.165) is 34.3 Å². The van der Waals surface area contributed by atoms with Crippen molar-refractivity contribution < 1.29 is 9.47 Å². The van der Waals surface area contributed by atoms with Gasteiger partial charge in [0.25, 0.3) is 0 Å². The highest BCUT2D eigenvalue weighted by Gasteiger charge is 2.14. The van der Waals surface area contributed by atoms with Crippen molar-refractivity contribution in [2.24, 2.45) is 0 Å². The summed E-state index contributed by atoms with van der Waals surface area (Å²) < 4.78 is 11.7. The van der Waals surface area contributed by atoms with Crippen LogP contribution in [0.1, 0.15) is 5.56 Å². The van der Waals surface area contributed by atoms with E-state index in [9.17, 15) is 0 Å². The van der Waals surface area contributed by atoms with Crippen LogP contribution in [0.3, 0.4) is 0 Å². The van der Waals surface area contributed by atoms with E-state index in [-0.39, 0.29) is 0 Å². The van der Waals surface area contributed by atoms with Crippen molar-refractivity contribution in [3.8, 4) is 11.5 Å². The third kappa shape index (κ3) is 4.48. The molecule has 0 bridgehead atoms. The smallest absolute Gasteiger partial charge is 0.161 e. The first-order chi connectivity index (χ1) is 9.74. The molecule has 0 aromatic heterocycles. The molecule has 1 atom stereocenters. The molecule has 1 aromatic rings. The second kappa shape index (κ2) is 8.41. The lowest BCUT2D eigenvalue weighted by Gasteiger charge is -2.21. The zero-order valence-corrected chi connectivity index (χ0v) is 15.0. The average Bonchev–Trinajstić information content (AvgIpc) is 2.49. The van der Waals surface area contributed by atoms with Gasteiger partial charge in [0.1, 0.15) is 0 Å². The predicted octanol–water partition coefficient (Wildman–Crippen LogP) is 3.40. The van der Waals surface area contributed by atoms with E-state index in [1.54, 1.807) is 14.2 Å². The maximum Gasteiger partial charge on any atom is 0.161 e. The topological polar surface area (TPSA) is 30.5 Å². The van der Waals surface area contributed by atoms with Crippen LogP contribution in [-0.4, -0.2) is 43.3 Å². The van der Waals surface area contributed by atoms with Gasteiger partial charge in [0.2, 0.25) is 0 Å². The molecule has 0 aliphatic carbocycles. The Morgan fingerprint density at radius 2 is 2.00 bits per heavy atom. The van der Waals surface area contributed by atoms with Crippen molar-refractivity contribution in [1.29, 1.82) is 0 Å². The van der Waals surface area contributed by atoms with E-state index < -0.39 is 0 Å². The minimum absolute atomic E-state index is 0.729. The first-order valence-corrected chi connectivity index (χ1v) is 9.54. The zero-order chi connectivity index (χ0) is 14.4. The van der Waals surface area contributed by atoms with Crippen molar-refractivity contribution in [3.05, 3.63) is 22.2 Å². The van der Waals surface area contributed by atoms with Crippen molar-refractivity contribution in [3.63, 3.8) is 0 Å². The summed E-state index contributed by atoms with van der Waals surface area (Å²) in [7, 11) is 3.32. The Labute approximate surface area is 137 Å². The molecule has 20 heavy (non-hydrogen) atoms. The molecule has 1 aliphatic heterocycles. The number of methoxy groups -OCH3 is 2. The molecule has 6 heteroatoms. The Kier molecular flexibility index (Phi) is 6.87. The molecular weight excluding hydrogens is 358 g/mol. The Bertz CT molecular complexity index is 439. The Morgan fingerprint density at radius 3 is 2.65 bits per heavy atom. The summed E-state index contributed by atoms with van der Waals surface area (Å²) in [6, 6.07) is 3.99. The molecule has 0 radical (unpaired) electrons. The van der Waals surface area contributed by atoms with Gasteiger partial charge in [-0.1, -0.05) is 15.9 Å². The van der Waals surface area contributed by atoms with Crippen LogP contribution in [0.2, 0.25) is 0 Å². The summed E-state index contributed by atoms with van der Waals surface area (Å²) in [5.74, 6) is 5.35.